The molecular weight excluding hydrogens is 922 g/mol. The molecule has 2 aliphatic rings. The van der Waals surface area contributed by atoms with E-state index in [1.165, 1.54) is 57.8 Å². The highest BCUT2D eigenvalue weighted by atomic mass is 31.2. The first-order valence-electron chi connectivity index (χ1n) is 25.3. The van der Waals surface area contributed by atoms with Crippen molar-refractivity contribution in [3.05, 3.63) is 48.6 Å². The molecule has 0 aromatic rings. The Morgan fingerprint density at radius 1 is 0.544 bits per heavy atom. The van der Waals surface area contributed by atoms with Crippen LogP contribution in [0.15, 0.2) is 48.6 Å². The number of phosphoric acid groups is 2. The van der Waals surface area contributed by atoms with Gasteiger partial charge in [-0.1, -0.05) is 140 Å². The quantitative estimate of drug-likeness (QED) is 0.00989. The molecule has 1 aliphatic carbocycles. The third-order valence-electron chi connectivity index (χ3n) is 11.8. The number of unbranched alkanes of at least 4 members (excludes halogenated alkanes) is 16. The van der Waals surface area contributed by atoms with Crippen molar-refractivity contribution in [3.63, 3.8) is 0 Å². The van der Waals surface area contributed by atoms with E-state index >= 15 is 0 Å². The van der Waals surface area contributed by atoms with Gasteiger partial charge in [-0.25, -0.2) is 9.13 Å². The van der Waals surface area contributed by atoms with Crippen molar-refractivity contribution in [2.45, 2.75) is 236 Å². The van der Waals surface area contributed by atoms with Gasteiger partial charge >= 0.3 is 27.6 Å². The van der Waals surface area contributed by atoms with Gasteiger partial charge in [-0.2, -0.15) is 0 Å². The van der Waals surface area contributed by atoms with Crippen LogP contribution in [0, 0.1) is 0 Å². The van der Waals surface area contributed by atoms with Crippen LogP contribution >= 0.6 is 15.6 Å². The molecule has 7 N–H and O–H groups in total. The van der Waals surface area contributed by atoms with E-state index in [-0.39, 0.29) is 25.0 Å². The zero-order valence-electron chi connectivity index (χ0n) is 40.7. The summed E-state index contributed by atoms with van der Waals surface area (Å²) in [6.07, 6.45) is 27.9. The zero-order valence-corrected chi connectivity index (χ0v) is 42.5. The Bertz CT molecular complexity index is 1570. The SMILES string of the molecule is CCCCC/C=C\C/C=C\C/C=C\CC1OC1CCCC(=O)OC[C@H](COP(=O)(O)O[C@H]1C(O)C(O)C(O)[C@@H](OP(=O)(O)O)C1O)OC(=O)CCCCCCCCC/C=C\CCCCCCCC. The first kappa shape index (κ1) is 62.0. The summed E-state index contributed by atoms with van der Waals surface area (Å²) < 4.78 is 55.2. The van der Waals surface area contributed by atoms with E-state index < -0.39 is 83.5 Å². The lowest BCUT2D eigenvalue weighted by atomic mass is 9.85. The van der Waals surface area contributed by atoms with Crippen LogP contribution in [0.3, 0.4) is 0 Å². The molecule has 17 nitrogen and oxygen atoms in total. The number of carbonyl (C=O) groups is 2. The lowest BCUT2D eigenvalue weighted by molar-refractivity contribution is -0.216. The van der Waals surface area contributed by atoms with Crippen LogP contribution in [0.25, 0.3) is 0 Å². The number of carbonyl (C=O) groups excluding carboxylic acids is 2. The van der Waals surface area contributed by atoms with Gasteiger partial charge in [0, 0.05) is 12.8 Å². The molecular formula is C49H86O17P2. The fourth-order valence-electron chi connectivity index (χ4n) is 7.75. The van der Waals surface area contributed by atoms with Crippen LogP contribution in [-0.4, -0.2) is 115 Å². The number of hydrogen-bond donors (Lipinski definition) is 7. The molecule has 0 aromatic carbocycles. The van der Waals surface area contributed by atoms with Crippen molar-refractivity contribution in [1.29, 1.82) is 0 Å². The summed E-state index contributed by atoms with van der Waals surface area (Å²) in [7, 11) is -10.7. The van der Waals surface area contributed by atoms with E-state index in [0.717, 1.165) is 77.0 Å². The summed E-state index contributed by atoms with van der Waals surface area (Å²) in [6.45, 7) is 3.02. The number of aliphatic hydroxyl groups is 4. The van der Waals surface area contributed by atoms with E-state index in [0.29, 0.717) is 19.3 Å². The molecule has 1 saturated carbocycles. The van der Waals surface area contributed by atoms with E-state index in [2.05, 4.69) is 67.0 Å². The molecule has 0 amide bonds. The van der Waals surface area contributed by atoms with Crippen molar-refractivity contribution in [2.75, 3.05) is 13.2 Å². The maximum Gasteiger partial charge on any atom is 0.472 e. The highest BCUT2D eigenvalue weighted by Gasteiger charge is 2.54. The minimum Gasteiger partial charge on any atom is -0.462 e. The normalized spacial score (nSPS) is 24.6. The van der Waals surface area contributed by atoms with Gasteiger partial charge in [0.25, 0.3) is 0 Å². The first-order valence-corrected chi connectivity index (χ1v) is 28.3. The summed E-state index contributed by atoms with van der Waals surface area (Å²) in [5.41, 5.74) is 0. The first-order chi connectivity index (χ1) is 32.6. The predicted octanol–water partition coefficient (Wildman–Crippen LogP) is 9.05. The molecule has 394 valence electrons. The second-order valence-electron chi connectivity index (χ2n) is 17.9. The smallest absolute Gasteiger partial charge is 0.462 e. The molecule has 68 heavy (non-hydrogen) atoms. The van der Waals surface area contributed by atoms with Gasteiger partial charge < -0.3 is 49.3 Å². The number of rotatable bonds is 41. The second-order valence-corrected chi connectivity index (χ2v) is 20.5. The Kier molecular flexibility index (Phi) is 33.6. The fraction of sp³-hybridized carbons (Fsp3) is 0.796. The molecule has 19 heteroatoms. The van der Waals surface area contributed by atoms with Crippen molar-refractivity contribution in [3.8, 4) is 0 Å². The Morgan fingerprint density at radius 3 is 1.63 bits per heavy atom. The summed E-state index contributed by atoms with van der Waals surface area (Å²) in [4.78, 5) is 54.5. The number of aliphatic hydroxyl groups excluding tert-OH is 4. The number of hydrogen-bond acceptors (Lipinski definition) is 14. The Balaban J connectivity index is 1.80. The molecule has 1 saturated heterocycles. The van der Waals surface area contributed by atoms with Crippen molar-refractivity contribution >= 4 is 27.6 Å². The van der Waals surface area contributed by atoms with E-state index in [9.17, 15) is 53.8 Å². The largest absolute Gasteiger partial charge is 0.472 e. The van der Waals surface area contributed by atoms with Crippen molar-refractivity contribution in [2.24, 2.45) is 0 Å². The molecule has 0 bridgehead atoms. The van der Waals surface area contributed by atoms with Crippen LogP contribution in [-0.2, 0) is 46.5 Å². The van der Waals surface area contributed by atoms with Gasteiger partial charge in [-0.3, -0.25) is 23.2 Å². The predicted molar refractivity (Wildman–Crippen MR) is 259 cm³/mol. The molecule has 0 aromatic heterocycles. The minimum absolute atomic E-state index is 0.0219. The molecule has 7 unspecified atom stereocenters. The second kappa shape index (κ2) is 36.8. The van der Waals surface area contributed by atoms with Crippen LogP contribution in [0.5, 0.6) is 0 Å². The van der Waals surface area contributed by atoms with Gasteiger partial charge in [0.15, 0.2) is 6.10 Å². The Hall–Kier alpha value is -2.08. The van der Waals surface area contributed by atoms with Gasteiger partial charge in [0.1, 0.15) is 43.2 Å². The van der Waals surface area contributed by atoms with Crippen molar-refractivity contribution in [1.82, 2.24) is 0 Å². The van der Waals surface area contributed by atoms with Crippen LogP contribution < -0.4 is 0 Å². The monoisotopic (exact) mass is 1010 g/mol. The maximum atomic E-state index is 13.0. The fourth-order valence-corrected chi connectivity index (χ4v) is 9.29. The van der Waals surface area contributed by atoms with Crippen molar-refractivity contribution < 1.29 is 81.6 Å². The highest BCUT2D eigenvalue weighted by Crippen LogP contribution is 2.49. The van der Waals surface area contributed by atoms with Crippen LogP contribution in [0.1, 0.15) is 181 Å². The Morgan fingerprint density at radius 2 is 1.03 bits per heavy atom. The summed E-state index contributed by atoms with van der Waals surface area (Å²) in [5, 5.41) is 41.3. The average Bonchev–Trinajstić information content (AvgIpc) is 4.05. The third kappa shape index (κ3) is 29.9. The van der Waals surface area contributed by atoms with E-state index in [4.69, 9.17) is 23.3 Å². The van der Waals surface area contributed by atoms with Gasteiger partial charge in [0.05, 0.1) is 18.8 Å². The topological polar surface area (TPSA) is 269 Å². The Labute approximate surface area is 405 Å². The maximum absolute atomic E-state index is 13.0. The molecule has 2 rings (SSSR count). The molecule has 1 heterocycles. The van der Waals surface area contributed by atoms with Gasteiger partial charge in [-0.15, -0.1) is 0 Å². The van der Waals surface area contributed by atoms with E-state index in [1.807, 2.05) is 0 Å². The van der Waals surface area contributed by atoms with E-state index in [1.54, 1.807) is 0 Å². The highest BCUT2D eigenvalue weighted by molar-refractivity contribution is 7.47. The molecule has 10 atom stereocenters. The molecule has 0 radical (unpaired) electrons. The summed E-state index contributed by atoms with van der Waals surface area (Å²) >= 11 is 0. The standard InChI is InChI=1S/C49H86O17P2/c1-3-5-7-9-11-13-15-17-18-19-20-21-23-25-27-29-31-35-43(51)63-39(38-62-68(59,60)66-49-46(54)44(52)45(53)48(47(49)55)65-67(56,57)58)37-61-42(50)36-32-34-41-40(64-41)33-30-28-26-24-22-16-14-12-10-8-6-4-2/h12,14,17-18,22,24,28,30,39-41,44-49,52-55H,3-11,13,15-16,19-21,23,25-27,29,31-38H2,1-2H3,(H,59,60)(H2,56,57,58)/b14-12-,18-17-,24-22-,30-28-/t39-,40?,41?,44?,45?,46?,47?,48-,49+/m1/s1. The van der Waals surface area contributed by atoms with Gasteiger partial charge in [0.2, 0.25) is 0 Å². The summed E-state index contributed by atoms with van der Waals surface area (Å²) in [6, 6.07) is 0. The number of phosphoric ester groups is 2. The number of allylic oxidation sites excluding steroid dienone is 7. The number of esters is 2. The van der Waals surface area contributed by atoms with Crippen LogP contribution in [0.2, 0.25) is 0 Å². The van der Waals surface area contributed by atoms with Gasteiger partial charge in [-0.05, 0) is 77.0 Å². The zero-order chi connectivity index (χ0) is 50.0. The van der Waals surface area contributed by atoms with Crippen LogP contribution in [0.4, 0.5) is 0 Å². The number of epoxide rings is 1. The third-order valence-corrected chi connectivity index (χ3v) is 13.3. The lowest BCUT2D eigenvalue weighted by Crippen LogP contribution is -2.64. The molecule has 1 aliphatic heterocycles. The molecule has 2 fully saturated rings. The number of ether oxygens (including phenoxy) is 3. The molecule has 0 spiro atoms. The average molecular weight is 1010 g/mol. The minimum atomic E-state index is -5.38. The summed E-state index contributed by atoms with van der Waals surface area (Å²) in [5.74, 6) is -1.29. The lowest BCUT2D eigenvalue weighted by Gasteiger charge is -2.43.